The van der Waals surface area contributed by atoms with Crippen LogP contribution in [-0.4, -0.2) is 6.29 Å². The van der Waals surface area contributed by atoms with Crippen molar-refractivity contribution in [2.75, 3.05) is 5.32 Å². The van der Waals surface area contributed by atoms with E-state index in [1.807, 2.05) is 0 Å². The van der Waals surface area contributed by atoms with E-state index in [0.29, 0.717) is 24.0 Å². The molecule has 0 amide bonds. The summed E-state index contributed by atoms with van der Waals surface area (Å²) >= 11 is 0. The number of carbonyl (C=O) groups excluding carboxylic acids is 1. The van der Waals surface area contributed by atoms with E-state index in [-0.39, 0.29) is 16.8 Å². The highest BCUT2D eigenvalue weighted by Crippen LogP contribution is 2.32. The van der Waals surface area contributed by atoms with Crippen LogP contribution in [0.15, 0.2) is 49.1 Å². The maximum Gasteiger partial charge on any atom is 0.270 e. The van der Waals surface area contributed by atoms with Crippen molar-refractivity contribution in [1.82, 2.24) is 0 Å². The number of allylic oxidation sites excluding steroid dienone is 1. The summed E-state index contributed by atoms with van der Waals surface area (Å²) < 4.78 is 40.3. The Morgan fingerprint density at radius 2 is 1.91 bits per heavy atom. The van der Waals surface area contributed by atoms with Crippen LogP contribution in [0.4, 0.5) is 24.5 Å². The molecule has 0 aliphatic carbocycles. The van der Waals surface area contributed by atoms with Crippen LogP contribution in [0.2, 0.25) is 0 Å². The third kappa shape index (κ3) is 4.00. The van der Waals surface area contributed by atoms with Gasteiger partial charge in [0.25, 0.3) is 5.92 Å². The molecule has 0 saturated carbocycles. The minimum Gasteiger partial charge on any atom is -0.355 e. The quantitative estimate of drug-likeness (QED) is 0.584. The van der Waals surface area contributed by atoms with Gasteiger partial charge in [0.2, 0.25) is 0 Å². The van der Waals surface area contributed by atoms with Gasteiger partial charge >= 0.3 is 0 Å². The van der Waals surface area contributed by atoms with Crippen molar-refractivity contribution in [2.24, 2.45) is 0 Å². The van der Waals surface area contributed by atoms with Gasteiger partial charge in [0, 0.05) is 29.4 Å². The maximum atomic E-state index is 13.5. The average Bonchev–Trinajstić information content (AvgIpc) is 2.49. The third-order valence-corrected chi connectivity index (χ3v) is 3.39. The number of hydrogen-bond acceptors (Lipinski definition) is 2. The molecule has 2 rings (SSSR count). The minimum atomic E-state index is -3.02. The summed E-state index contributed by atoms with van der Waals surface area (Å²) in [5, 5.41) is 2.94. The molecule has 0 spiro atoms. The van der Waals surface area contributed by atoms with Crippen LogP contribution in [0, 0.1) is 5.82 Å². The number of nitrogens with one attached hydrogen (secondary N) is 1. The lowest BCUT2D eigenvalue weighted by Crippen LogP contribution is -2.08. The fourth-order valence-electron chi connectivity index (χ4n) is 2.19. The summed E-state index contributed by atoms with van der Waals surface area (Å²) in [6.07, 6.45) is 2.59. The van der Waals surface area contributed by atoms with Gasteiger partial charge in [-0.3, -0.25) is 4.79 Å². The molecule has 0 fully saturated rings. The van der Waals surface area contributed by atoms with Crippen LogP contribution in [0.1, 0.15) is 28.4 Å². The van der Waals surface area contributed by atoms with Gasteiger partial charge in [0.15, 0.2) is 6.29 Å². The molecule has 2 aromatic rings. The number of halogens is 3. The van der Waals surface area contributed by atoms with Crippen LogP contribution in [0.25, 0.3) is 0 Å². The van der Waals surface area contributed by atoms with Crippen LogP contribution in [0.3, 0.4) is 0 Å². The summed E-state index contributed by atoms with van der Waals surface area (Å²) in [6.45, 7) is 4.39. The standard InChI is InChI=1S/C18H16F3NO/c1-3-4-12-9-15(19)7-8-16(12)22-17-10-14(18(2,20)21)6-5-13(17)11-23/h3,5-11,22H,1,4H2,2H3. The van der Waals surface area contributed by atoms with Gasteiger partial charge in [-0.1, -0.05) is 12.1 Å². The number of carbonyl (C=O) groups is 1. The number of rotatable bonds is 6. The largest absolute Gasteiger partial charge is 0.355 e. The van der Waals surface area contributed by atoms with Crippen LogP contribution in [-0.2, 0) is 12.3 Å². The third-order valence-electron chi connectivity index (χ3n) is 3.39. The summed E-state index contributed by atoms with van der Waals surface area (Å²) in [4.78, 5) is 11.1. The SMILES string of the molecule is C=CCc1cc(F)ccc1Nc1cc(C(C)(F)F)ccc1C=O. The number of hydrogen-bond donors (Lipinski definition) is 1. The van der Waals surface area contributed by atoms with E-state index in [1.165, 1.54) is 36.4 Å². The molecule has 0 aromatic heterocycles. The van der Waals surface area contributed by atoms with E-state index in [2.05, 4.69) is 11.9 Å². The van der Waals surface area contributed by atoms with E-state index < -0.39 is 11.7 Å². The lowest BCUT2D eigenvalue weighted by molar-refractivity contribution is 0.0175. The smallest absolute Gasteiger partial charge is 0.270 e. The van der Waals surface area contributed by atoms with Crippen molar-refractivity contribution in [3.63, 3.8) is 0 Å². The molecule has 0 bridgehead atoms. The van der Waals surface area contributed by atoms with Crippen molar-refractivity contribution in [1.29, 1.82) is 0 Å². The fourth-order valence-corrected chi connectivity index (χ4v) is 2.19. The number of benzene rings is 2. The molecule has 0 saturated heterocycles. The van der Waals surface area contributed by atoms with Gasteiger partial charge in [-0.25, -0.2) is 13.2 Å². The second-order valence-corrected chi connectivity index (χ2v) is 5.23. The molecule has 0 aliphatic rings. The molecule has 23 heavy (non-hydrogen) atoms. The van der Waals surface area contributed by atoms with Crippen molar-refractivity contribution in [3.8, 4) is 0 Å². The van der Waals surface area contributed by atoms with Gasteiger partial charge < -0.3 is 5.32 Å². The Morgan fingerprint density at radius 3 is 2.52 bits per heavy atom. The normalized spacial score (nSPS) is 11.1. The first-order valence-corrected chi connectivity index (χ1v) is 6.99. The van der Waals surface area contributed by atoms with Gasteiger partial charge in [0.1, 0.15) is 5.82 Å². The molecule has 2 nitrogen and oxygen atoms in total. The van der Waals surface area contributed by atoms with Crippen LogP contribution in [0.5, 0.6) is 0 Å². The lowest BCUT2D eigenvalue weighted by Gasteiger charge is -2.16. The van der Waals surface area contributed by atoms with Crippen LogP contribution >= 0.6 is 0 Å². The van der Waals surface area contributed by atoms with E-state index >= 15 is 0 Å². The predicted molar refractivity (Wildman–Crippen MR) is 85.0 cm³/mol. The Kier molecular flexibility index (Phi) is 4.89. The van der Waals surface area contributed by atoms with Gasteiger partial charge in [-0.15, -0.1) is 6.58 Å². The molecule has 1 N–H and O–H groups in total. The zero-order valence-corrected chi connectivity index (χ0v) is 12.6. The Hall–Kier alpha value is -2.56. The molecule has 0 radical (unpaired) electrons. The summed E-state index contributed by atoms with van der Waals surface area (Å²) in [6, 6.07) is 7.87. The molecule has 5 heteroatoms. The summed E-state index contributed by atoms with van der Waals surface area (Å²) in [7, 11) is 0. The van der Waals surface area contributed by atoms with E-state index in [4.69, 9.17) is 0 Å². The predicted octanol–water partition coefficient (Wildman–Crippen LogP) is 5.22. The molecular weight excluding hydrogens is 303 g/mol. The Bertz CT molecular complexity index is 736. The van der Waals surface area contributed by atoms with Crippen LogP contribution < -0.4 is 5.32 Å². The van der Waals surface area contributed by atoms with E-state index in [1.54, 1.807) is 6.08 Å². The number of aldehydes is 1. The average molecular weight is 319 g/mol. The van der Waals surface area contributed by atoms with Gasteiger partial charge in [-0.05, 0) is 42.3 Å². The Balaban J connectivity index is 2.46. The number of anilines is 2. The summed E-state index contributed by atoms with van der Waals surface area (Å²) in [5.41, 5.74) is 1.43. The molecule has 0 aliphatic heterocycles. The molecular formula is C18H16F3NO. The van der Waals surface area contributed by atoms with Crippen molar-refractivity contribution >= 4 is 17.7 Å². The highest BCUT2D eigenvalue weighted by atomic mass is 19.3. The lowest BCUT2D eigenvalue weighted by atomic mass is 10.0. The Morgan fingerprint density at radius 1 is 1.17 bits per heavy atom. The maximum absolute atomic E-state index is 13.5. The first-order chi connectivity index (χ1) is 10.8. The molecule has 2 aromatic carbocycles. The minimum absolute atomic E-state index is 0.210. The molecule has 0 atom stereocenters. The monoisotopic (exact) mass is 319 g/mol. The first kappa shape index (κ1) is 16.8. The second kappa shape index (κ2) is 6.69. The zero-order chi connectivity index (χ0) is 17.0. The van der Waals surface area contributed by atoms with Crippen molar-refractivity contribution in [3.05, 3.63) is 71.6 Å². The topological polar surface area (TPSA) is 29.1 Å². The van der Waals surface area contributed by atoms with Crippen molar-refractivity contribution < 1.29 is 18.0 Å². The highest BCUT2D eigenvalue weighted by molar-refractivity contribution is 5.86. The molecule has 0 unspecified atom stereocenters. The van der Waals surface area contributed by atoms with Gasteiger partial charge in [-0.2, -0.15) is 0 Å². The van der Waals surface area contributed by atoms with Crippen molar-refractivity contribution in [2.45, 2.75) is 19.3 Å². The summed E-state index contributed by atoms with van der Waals surface area (Å²) in [5.74, 6) is -3.43. The highest BCUT2D eigenvalue weighted by Gasteiger charge is 2.25. The first-order valence-electron chi connectivity index (χ1n) is 6.99. The zero-order valence-electron chi connectivity index (χ0n) is 12.6. The molecule has 0 heterocycles. The Labute approximate surface area is 132 Å². The molecule has 120 valence electrons. The number of alkyl halides is 2. The van der Waals surface area contributed by atoms with E-state index in [0.717, 1.165) is 6.92 Å². The van der Waals surface area contributed by atoms with E-state index in [9.17, 15) is 18.0 Å². The fraction of sp³-hybridized carbons (Fsp3) is 0.167. The van der Waals surface area contributed by atoms with Gasteiger partial charge in [0.05, 0.1) is 0 Å². The second-order valence-electron chi connectivity index (χ2n) is 5.23.